The lowest BCUT2D eigenvalue weighted by Gasteiger charge is -2.27. The van der Waals surface area contributed by atoms with Gasteiger partial charge in [-0.15, -0.1) is 6.58 Å². The molecule has 2 aromatic rings. The van der Waals surface area contributed by atoms with Crippen molar-refractivity contribution in [2.24, 2.45) is 5.41 Å². The highest BCUT2D eigenvalue weighted by Crippen LogP contribution is 2.28. The summed E-state index contributed by atoms with van der Waals surface area (Å²) in [6.07, 6.45) is 4.29. The van der Waals surface area contributed by atoms with Gasteiger partial charge in [0, 0.05) is 18.8 Å². The molecule has 0 saturated carbocycles. The first kappa shape index (κ1) is 17.3. The first-order valence-corrected chi connectivity index (χ1v) is 8.47. The van der Waals surface area contributed by atoms with E-state index in [9.17, 15) is 0 Å². The monoisotopic (exact) mass is 307 g/mol. The maximum atomic E-state index is 3.94. The van der Waals surface area contributed by atoms with Gasteiger partial charge < -0.3 is 4.90 Å². The second-order valence-electron chi connectivity index (χ2n) is 7.34. The van der Waals surface area contributed by atoms with Crippen LogP contribution in [0.25, 0.3) is 0 Å². The van der Waals surface area contributed by atoms with Crippen molar-refractivity contribution >= 4 is 5.69 Å². The van der Waals surface area contributed by atoms with E-state index in [4.69, 9.17) is 0 Å². The lowest BCUT2D eigenvalue weighted by atomic mass is 9.88. The predicted octanol–water partition coefficient (Wildman–Crippen LogP) is 5.86. The fourth-order valence-electron chi connectivity index (χ4n) is 2.75. The Labute approximate surface area is 141 Å². The standard InChI is InChI=1S/C22H29N/c1-5-17-23(18-19-11-7-6-8-12-19)21-14-10-9-13-20(21)15-16-22(2,3)4/h5-14H,1,15-18H2,2-4H3. The van der Waals surface area contributed by atoms with Crippen molar-refractivity contribution in [3.05, 3.63) is 78.4 Å². The Morgan fingerprint density at radius 1 is 0.957 bits per heavy atom. The van der Waals surface area contributed by atoms with Gasteiger partial charge >= 0.3 is 0 Å². The molecule has 1 heteroatoms. The molecule has 0 amide bonds. The predicted molar refractivity (Wildman–Crippen MR) is 102 cm³/mol. The van der Waals surface area contributed by atoms with E-state index in [1.165, 1.54) is 23.2 Å². The van der Waals surface area contributed by atoms with Crippen LogP contribution in [0.3, 0.4) is 0 Å². The topological polar surface area (TPSA) is 3.24 Å². The maximum Gasteiger partial charge on any atom is 0.0433 e. The molecule has 0 spiro atoms. The van der Waals surface area contributed by atoms with E-state index in [0.717, 1.165) is 19.5 Å². The summed E-state index contributed by atoms with van der Waals surface area (Å²) in [5, 5.41) is 0. The Morgan fingerprint density at radius 3 is 2.26 bits per heavy atom. The van der Waals surface area contributed by atoms with Crippen molar-refractivity contribution < 1.29 is 0 Å². The van der Waals surface area contributed by atoms with E-state index in [-0.39, 0.29) is 0 Å². The van der Waals surface area contributed by atoms with E-state index in [1.807, 2.05) is 6.08 Å². The molecule has 0 aliphatic heterocycles. The van der Waals surface area contributed by atoms with Gasteiger partial charge in [0.25, 0.3) is 0 Å². The molecule has 0 fully saturated rings. The van der Waals surface area contributed by atoms with Crippen LogP contribution >= 0.6 is 0 Å². The molecule has 0 atom stereocenters. The number of nitrogens with zero attached hydrogens (tertiary/aromatic N) is 1. The molecule has 0 aromatic heterocycles. The van der Waals surface area contributed by atoms with Crippen LogP contribution in [0.1, 0.15) is 38.3 Å². The fraction of sp³-hybridized carbons (Fsp3) is 0.364. The van der Waals surface area contributed by atoms with Crippen LogP contribution in [-0.4, -0.2) is 6.54 Å². The summed E-state index contributed by atoms with van der Waals surface area (Å²) < 4.78 is 0. The van der Waals surface area contributed by atoms with Gasteiger partial charge in [0.2, 0.25) is 0 Å². The Bertz CT molecular complexity index is 607. The molecule has 0 heterocycles. The molecule has 0 saturated heterocycles. The largest absolute Gasteiger partial charge is 0.363 e. The molecule has 122 valence electrons. The molecule has 0 aliphatic carbocycles. The summed E-state index contributed by atoms with van der Waals surface area (Å²) in [7, 11) is 0. The molecule has 0 radical (unpaired) electrons. The molecule has 0 aliphatic rings. The third-order valence-electron chi connectivity index (χ3n) is 4.04. The summed E-state index contributed by atoms with van der Waals surface area (Å²) in [4.78, 5) is 2.42. The minimum absolute atomic E-state index is 0.357. The summed E-state index contributed by atoms with van der Waals surface area (Å²) in [5.74, 6) is 0. The minimum atomic E-state index is 0.357. The molecule has 23 heavy (non-hydrogen) atoms. The normalized spacial score (nSPS) is 11.3. The number of rotatable bonds is 7. The average molecular weight is 307 g/mol. The molecule has 1 nitrogen and oxygen atoms in total. The van der Waals surface area contributed by atoms with Gasteiger partial charge in [-0.2, -0.15) is 0 Å². The van der Waals surface area contributed by atoms with Crippen LogP contribution in [0.4, 0.5) is 5.69 Å². The van der Waals surface area contributed by atoms with E-state index < -0.39 is 0 Å². The molecule has 0 bridgehead atoms. The fourth-order valence-corrected chi connectivity index (χ4v) is 2.75. The van der Waals surface area contributed by atoms with E-state index in [2.05, 4.69) is 86.8 Å². The van der Waals surface area contributed by atoms with Crippen molar-refractivity contribution in [2.45, 2.75) is 40.2 Å². The number of para-hydroxylation sites is 1. The molecular weight excluding hydrogens is 278 g/mol. The van der Waals surface area contributed by atoms with E-state index >= 15 is 0 Å². The first-order chi connectivity index (χ1) is 11.0. The zero-order chi connectivity index (χ0) is 16.7. The van der Waals surface area contributed by atoms with Gasteiger partial charge in [0.15, 0.2) is 0 Å². The maximum absolute atomic E-state index is 3.94. The van der Waals surface area contributed by atoms with Gasteiger partial charge in [-0.1, -0.05) is 75.4 Å². The lowest BCUT2D eigenvalue weighted by molar-refractivity contribution is 0.378. The van der Waals surface area contributed by atoms with Crippen LogP contribution in [-0.2, 0) is 13.0 Å². The summed E-state index contributed by atoms with van der Waals surface area (Å²) in [6.45, 7) is 12.6. The van der Waals surface area contributed by atoms with Crippen LogP contribution in [0, 0.1) is 5.41 Å². The number of anilines is 1. The smallest absolute Gasteiger partial charge is 0.0433 e. The highest BCUT2D eigenvalue weighted by molar-refractivity contribution is 5.54. The Morgan fingerprint density at radius 2 is 1.61 bits per heavy atom. The van der Waals surface area contributed by atoms with Gasteiger partial charge in [0.05, 0.1) is 0 Å². The van der Waals surface area contributed by atoms with Crippen molar-refractivity contribution in [1.29, 1.82) is 0 Å². The lowest BCUT2D eigenvalue weighted by Crippen LogP contribution is -2.24. The van der Waals surface area contributed by atoms with E-state index in [0.29, 0.717) is 5.41 Å². The minimum Gasteiger partial charge on any atom is -0.363 e. The number of aryl methyl sites for hydroxylation is 1. The third-order valence-corrected chi connectivity index (χ3v) is 4.04. The molecule has 2 aromatic carbocycles. The molecule has 0 unspecified atom stereocenters. The third kappa shape index (κ3) is 5.59. The average Bonchev–Trinajstić information content (AvgIpc) is 2.53. The number of hydrogen-bond acceptors (Lipinski definition) is 1. The summed E-state index contributed by atoms with van der Waals surface area (Å²) >= 11 is 0. The molecule has 2 rings (SSSR count). The van der Waals surface area contributed by atoms with Crippen LogP contribution < -0.4 is 4.90 Å². The zero-order valence-electron chi connectivity index (χ0n) is 14.8. The highest BCUT2D eigenvalue weighted by atomic mass is 15.1. The molecular formula is C22H29N. The van der Waals surface area contributed by atoms with E-state index in [1.54, 1.807) is 0 Å². The van der Waals surface area contributed by atoms with Crippen LogP contribution in [0.15, 0.2) is 67.3 Å². The van der Waals surface area contributed by atoms with Crippen molar-refractivity contribution in [1.82, 2.24) is 0 Å². The number of benzene rings is 2. The quantitative estimate of drug-likeness (QED) is 0.579. The van der Waals surface area contributed by atoms with Crippen LogP contribution in [0.2, 0.25) is 0 Å². The number of hydrogen-bond donors (Lipinski definition) is 0. The van der Waals surface area contributed by atoms with Gasteiger partial charge in [-0.3, -0.25) is 0 Å². The Hall–Kier alpha value is -2.02. The zero-order valence-corrected chi connectivity index (χ0v) is 14.8. The van der Waals surface area contributed by atoms with Crippen LogP contribution in [0.5, 0.6) is 0 Å². The molecule has 0 N–H and O–H groups in total. The van der Waals surface area contributed by atoms with Gasteiger partial charge in [0.1, 0.15) is 0 Å². The summed E-state index contributed by atoms with van der Waals surface area (Å²) in [6, 6.07) is 19.4. The highest BCUT2D eigenvalue weighted by Gasteiger charge is 2.14. The second-order valence-corrected chi connectivity index (χ2v) is 7.34. The van der Waals surface area contributed by atoms with Crippen molar-refractivity contribution in [2.75, 3.05) is 11.4 Å². The van der Waals surface area contributed by atoms with Crippen molar-refractivity contribution in [3.63, 3.8) is 0 Å². The first-order valence-electron chi connectivity index (χ1n) is 8.47. The SMILES string of the molecule is C=CCN(Cc1ccccc1)c1ccccc1CCC(C)(C)C. The summed E-state index contributed by atoms with van der Waals surface area (Å²) in [5.41, 5.74) is 4.45. The van der Waals surface area contributed by atoms with Gasteiger partial charge in [-0.25, -0.2) is 0 Å². The van der Waals surface area contributed by atoms with Gasteiger partial charge in [-0.05, 0) is 35.4 Å². The Balaban J connectivity index is 2.23. The Kier molecular flexibility index (Phi) is 6.04. The second kappa shape index (κ2) is 8.01. The van der Waals surface area contributed by atoms with Crippen molar-refractivity contribution in [3.8, 4) is 0 Å².